The highest BCUT2D eigenvalue weighted by Gasteiger charge is 2.22. The quantitative estimate of drug-likeness (QED) is 0.404. The van der Waals surface area contributed by atoms with Crippen LogP contribution in [-0.2, 0) is 6.54 Å². The maximum Gasteiger partial charge on any atom is 0.193 e. The molecule has 0 radical (unpaired) electrons. The number of rotatable bonds is 4. The summed E-state index contributed by atoms with van der Waals surface area (Å²) >= 11 is 1.75. The lowest BCUT2D eigenvalue weighted by Crippen LogP contribution is -2.47. The first-order valence-corrected chi connectivity index (χ1v) is 9.57. The second kappa shape index (κ2) is 10.1. The van der Waals surface area contributed by atoms with Gasteiger partial charge in [0.05, 0.1) is 17.2 Å². The molecule has 5 nitrogen and oxygen atoms in total. The second-order valence-corrected chi connectivity index (χ2v) is 7.55. The summed E-state index contributed by atoms with van der Waals surface area (Å²) in [6.45, 7) is 6.81. The number of aryl methyl sites for hydroxylation is 2. The molecule has 1 fully saturated rings. The van der Waals surface area contributed by atoms with E-state index in [-0.39, 0.29) is 30.1 Å². The number of nitrogens with one attached hydrogen (secondary N) is 1. The first-order valence-electron chi connectivity index (χ1n) is 8.76. The second-order valence-electron chi connectivity index (χ2n) is 6.26. The van der Waals surface area contributed by atoms with Crippen LogP contribution in [0, 0.1) is 13.8 Å². The Morgan fingerprint density at radius 1 is 1.27 bits per heavy atom. The van der Waals surface area contributed by atoms with Gasteiger partial charge in [0.15, 0.2) is 5.96 Å². The van der Waals surface area contributed by atoms with Crippen molar-refractivity contribution < 1.29 is 4.74 Å². The number of ether oxygens (including phenoxy) is 1. The number of guanidine groups is 1. The molecule has 0 atom stereocenters. The SMILES string of the molecule is CN=C(NCc1sc(C)nc1C)N1CCC(Oc2ccccc2)CC1.I. The van der Waals surface area contributed by atoms with Gasteiger partial charge in [-0.2, -0.15) is 0 Å². The summed E-state index contributed by atoms with van der Waals surface area (Å²) in [5.41, 5.74) is 1.11. The van der Waals surface area contributed by atoms with Gasteiger partial charge >= 0.3 is 0 Å². The lowest BCUT2D eigenvalue weighted by Gasteiger charge is -2.34. The molecule has 0 spiro atoms. The Bertz CT molecular complexity index is 712. The third-order valence-electron chi connectivity index (χ3n) is 4.41. The van der Waals surface area contributed by atoms with Crippen molar-refractivity contribution in [1.82, 2.24) is 15.2 Å². The van der Waals surface area contributed by atoms with E-state index >= 15 is 0 Å². The summed E-state index contributed by atoms with van der Waals surface area (Å²) in [7, 11) is 1.85. The molecule has 0 bridgehead atoms. The number of thiazole rings is 1. The van der Waals surface area contributed by atoms with Crippen molar-refractivity contribution in [1.29, 1.82) is 0 Å². The van der Waals surface area contributed by atoms with E-state index in [1.54, 1.807) is 11.3 Å². The lowest BCUT2D eigenvalue weighted by molar-refractivity contribution is 0.129. The highest BCUT2D eigenvalue weighted by Crippen LogP contribution is 2.19. The average molecular weight is 486 g/mol. The van der Waals surface area contributed by atoms with Crippen molar-refractivity contribution in [2.45, 2.75) is 39.3 Å². The predicted molar refractivity (Wildman–Crippen MR) is 119 cm³/mol. The molecule has 2 heterocycles. The zero-order chi connectivity index (χ0) is 17.6. The number of benzene rings is 1. The number of aromatic nitrogens is 1. The van der Waals surface area contributed by atoms with Gasteiger partial charge in [-0.3, -0.25) is 4.99 Å². The largest absolute Gasteiger partial charge is 0.490 e. The number of para-hydroxylation sites is 1. The smallest absolute Gasteiger partial charge is 0.193 e. The number of piperidine rings is 1. The molecule has 1 saturated heterocycles. The molecule has 26 heavy (non-hydrogen) atoms. The van der Waals surface area contributed by atoms with E-state index in [9.17, 15) is 0 Å². The van der Waals surface area contributed by atoms with Crippen LogP contribution in [-0.4, -0.2) is 42.1 Å². The fourth-order valence-corrected chi connectivity index (χ4v) is 3.98. The van der Waals surface area contributed by atoms with Crippen LogP contribution in [0.25, 0.3) is 0 Å². The molecule has 2 aromatic rings. The standard InChI is InChI=1S/C19H26N4OS.HI/c1-14-18(25-15(2)22-14)13-21-19(20-3)23-11-9-17(10-12-23)24-16-7-5-4-6-8-16;/h4-8,17H,9-13H2,1-3H3,(H,20,21);1H. The van der Waals surface area contributed by atoms with Crippen LogP contribution in [0.3, 0.4) is 0 Å². The van der Waals surface area contributed by atoms with Gasteiger partial charge in [-0.05, 0) is 26.0 Å². The molecule has 1 aliphatic rings. The van der Waals surface area contributed by atoms with Crippen LogP contribution in [0.15, 0.2) is 35.3 Å². The molecule has 1 aromatic carbocycles. The Hall–Kier alpha value is -1.35. The highest BCUT2D eigenvalue weighted by atomic mass is 127. The van der Waals surface area contributed by atoms with E-state index < -0.39 is 0 Å². The van der Waals surface area contributed by atoms with Crippen LogP contribution in [0.1, 0.15) is 28.4 Å². The topological polar surface area (TPSA) is 49.8 Å². The summed E-state index contributed by atoms with van der Waals surface area (Å²) in [5, 5.41) is 4.59. The molecule has 7 heteroatoms. The fourth-order valence-electron chi connectivity index (χ4n) is 3.11. The van der Waals surface area contributed by atoms with Crippen LogP contribution in [0.5, 0.6) is 5.75 Å². The maximum absolute atomic E-state index is 6.07. The zero-order valence-corrected chi connectivity index (χ0v) is 18.7. The number of halogens is 1. The zero-order valence-electron chi connectivity index (χ0n) is 15.6. The first-order chi connectivity index (χ1) is 12.2. The van der Waals surface area contributed by atoms with Gasteiger partial charge in [-0.25, -0.2) is 4.98 Å². The Morgan fingerprint density at radius 3 is 2.54 bits per heavy atom. The van der Waals surface area contributed by atoms with Crippen LogP contribution >= 0.6 is 35.3 Å². The Kier molecular flexibility index (Phi) is 8.15. The molecule has 1 N–H and O–H groups in total. The summed E-state index contributed by atoms with van der Waals surface area (Å²) in [6.07, 6.45) is 2.30. The van der Waals surface area contributed by atoms with E-state index in [1.165, 1.54) is 4.88 Å². The monoisotopic (exact) mass is 486 g/mol. The highest BCUT2D eigenvalue weighted by molar-refractivity contribution is 14.0. The van der Waals surface area contributed by atoms with Crippen LogP contribution in [0.4, 0.5) is 0 Å². The molecule has 0 saturated carbocycles. The third-order valence-corrected chi connectivity index (χ3v) is 5.48. The van der Waals surface area contributed by atoms with Gasteiger partial charge in [0.1, 0.15) is 11.9 Å². The molecule has 142 valence electrons. The number of nitrogens with zero attached hydrogens (tertiary/aromatic N) is 3. The van der Waals surface area contributed by atoms with E-state index in [0.29, 0.717) is 0 Å². The van der Waals surface area contributed by atoms with Crippen LogP contribution in [0.2, 0.25) is 0 Å². The minimum Gasteiger partial charge on any atom is -0.490 e. The number of likely N-dealkylation sites (tertiary alicyclic amines) is 1. The minimum absolute atomic E-state index is 0. The Balaban J connectivity index is 0.00000243. The lowest BCUT2D eigenvalue weighted by atomic mass is 10.1. The Labute approximate surface area is 176 Å². The summed E-state index contributed by atoms with van der Waals surface area (Å²) in [4.78, 5) is 12.5. The fraction of sp³-hybridized carbons (Fsp3) is 0.474. The summed E-state index contributed by atoms with van der Waals surface area (Å²) in [5.74, 6) is 1.92. The van der Waals surface area contributed by atoms with Crippen molar-refractivity contribution >= 4 is 41.3 Å². The molecule has 3 rings (SSSR count). The molecule has 1 aliphatic heterocycles. The van der Waals surface area contributed by atoms with Gasteiger partial charge in [0, 0.05) is 37.9 Å². The van der Waals surface area contributed by atoms with E-state index in [1.807, 2.05) is 44.3 Å². The summed E-state index contributed by atoms with van der Waals surface area (Å²) in [6, 6.07) is 10.1. The third kappa shape index (κ3) is 5.57. The van der Waals surface area contributed by atoms with E-state index in [0.717, 1.165) is 54.9 Å². The normalized spacial score (nSPS) is 15.5. The maximum atomic E-state index is 6.07. The molecular weight excluding hydrogens is 459 g/mol. The van der Waals surface area contributed by atoms with Crippen LogP contribution < -0.4 is 10.1 Å². The van der Waals surface area contributed by atoms with Gasteiger partial charge in [0.25, 0.3) is 0 Å². The van der Waals surface area contributed by atoms with Crippen molar-refractivity contribution in [3.8, 4) is 5.75 Å². The number of aliphatic imine (C=N–C) groups is 1. The van der Waals surface area contributed by atoms with Crippen molar-refractivity contribution in [3.05, 3.63) is 45.9 Å². The molecule has 0 unspecified atom stereocenters. The van der Waals surface area contributed by atoms with Gasteiger partial charge in [-0.15, -0.1) is 35.3 Å². The summed E-state index contributed by atoms with van der Waals surface area (Å²) < 4.78 is 6.07. The molecular formula is C19H27IN4OS. The van der Waals surface area contributed by atoms with E-state index in [4.69, 9.17) is 4.74 Å². The van der Waals surface area contributed by atoms with Gasteiger partial charge < -0.3 is 15.0 Å². The number of hydrogen-bond donors (Lipinski definition) is 1. The number of hydrogen-bond acceptors (Lipinski definition) is 4. The van der Waals surface area contributed by atoms with E-state index in [2.05, 4.69) is 27.1 Å². The molecule has 0 amide bonds. The van der Waals surface area contributed by atoms with Gasteiger partial charge in [-0.1, -0.05) is 18.2 Å². The molecule has 0 aliphatic carbocycles. The Morgan fingerprint density at radius 2 is 1.96 bits per heavy atom. The van der Waals surface area contributed by atoms with Crippen molar-refractivity contribution in [2.75, 3.05) is 20.1 Å². The van der Waals surface area contributed by atoms with Crippen molar-refractivity contribution in [3.63, 3.8) is 0 Å². The first kappa shape index (κ1) is 21.0. The average Bonchev–Trinajstić information content (AvgIpc) is 2.95. The predicted octanol–water partition coefficient (Wildman–Crippen LogP) is 4.00. The van der Waals surface area contributed by atoms with Gasteiger partial charge in [0.2, 0.25) is 0 Å². The molecule has 1 aromatic heterocycles. The minimum atomic E-state index is 0. The van der Waals surface area contributed by atoms with Crippen molar-refractivity contribution in [2.24, 2.45) is 4.99 Å².